The van der Waals surface area contributed by atoms with Crippen LogP contribution in [0.2, 0.25) is 19.6 Å². The Hall–Kier alpha value is -1.41. The van der Waals surface area contributed by atoms with Gasteiger partial charge in [-0.15, -0.1) is 0 Å². The summed E-state index contributed by atoms with van der Waals surface area (Å²) in [5.74, 6) is 0. The Bertz CT molecular complexity index is 812. The van der Waals surface area contributed by atoms with Crippen LogP contribution in [0.5, 0.6) is 0 Å². The van der Waals surface area contributed by atoms with E-state index in [9.17, 15) is 0 Å². The predicted molar refractivity (Wildman–Crippen MR) is 118 cm³/mol. The first-order chi connectivity index (χ1) is 11.6. The molecular weight excluding hydrogens is 330 g/mol. The van der Waals surface area contributed by atoms with E-state index in [1.165, 1.54) is 27.9 Å². The number of rotatable bonds is 2. The summed E-state index contributed by atoms with van der Waals surface area (Å²) in [6, 6.07) is 9.44. The van der Waals surface area contributed by atoms with Gasteiger partial charge in [0.1, 0.15) is 7.05 Å². The Morgan fingerprint density at radius 2 is 1.42 bits per heavy atom. The molecule has 1 aromatic carbocycles. The molecule has 0 spiro atoms. The first-order valence-electron chi connectivity index (χ1n) is 9.78. The van der Waals surface area contributed by atoms with E-state index in [0.717, 1.165) is 0 Å². The van der Waals surface area contributed by atoms with Crippen LogP contribution in [0.25, 0.3) is 11.3 Å². The highest BCUT2D eigenvalue weighted by atomic mass is 28.3. The van der Waals surface area contributed by atoms with Crippen molar-refractivity contribution in [1.82, 2.24) is 0 Å². The minimum atomic E-state index is -1.46. The number of pyridine rings is 1. The normalized spacial score (nSPS) is 13.2. The highest BCUT2D eigenvalue weighted by Crippen LogP contribution is 2.30. The first kappa shape index (κ1) is 20.9. The fraction of sp³-hybridized carbons (Fsp3) is 0.542. The molecule has 142 valence electrons. The minimum absolute atomic E-state index is 0.161. The van der Waals surface area contributed by atoms with Crippen molar-refractivity contribution in [3.05, 3.63) is 47.2 Å². The summed E-state index contributed by atoms with van der Waals surface area (Å²) in [7, 11) is 0.740. The van der Waals surface area contributed by atoms with E-state index in [1.807, 2.05) is 0 Å². The van der Waals surface area contributed by atoms with Crippen molar-refractivity contribution < 1.29 is 4.57 Å². The van der Waals surface area contributed by atoms with E-state index in [-0.39, 0.29) is 10.8 Å². The molecular formula is C24H38NSi+. The van der Waals surface area contributed by atoms with Gasteiger partial charge in [0.05, 0.1) is 8.07 Å². The molecule has 0 saturated carbocycles. The van der Waals surface area contributed by atoms with Crippen LogP contribution in [0.4, 0.5) is 0 Å². The molecule has 0 unspecified atom stereocenters. The third-order valence-corrected chi connectivity index (χ3v) is 7.30. The summed E-state index contributed by atoms with van der Waals surface area (Å²) in [6.07, 6.45) is 2.38. The largest absolute Gasteiger partial charge is 0.212 e. The zero-order valence-electron chi connectivity index (χ0n) is 18.8. The van der Waals surface area contributed by atoms with Gasteiger partial charge in [-0.3, -0.25) is 0 Å². The summed E-state index contributed by atoms with van der Waals surface area (Å²) >= 11 is 0. The number of aromatic nitrogens is 1. The third-order valence-electron chi connectivity index (χ3n) is 5.27. The van der Waals surface area contributed by atoms with Gasteiger partial charge in [-0.25, -0.2) is 4.57 Å². The molecule has 1 nitrogen and oxygen atoms in total. The number of hydrogen-bond acceptors (Lipinski definition) is 0. The molecule has 0 bridgehead atoms. The van der Waals surface area contributed by atoms with Gasteiger partial charge in [0.2, 0.25) is 5.69 Å². The highest BCUT2D eigenvalue weighted by molar-refractivity contribution is 6.89. The Balaban J connectivity index is 2.80. The lowest BCUT2D eigenvalue weighted by Gasteiger charge is -2.28. The maximum Gasteiger partial charge on any atom is 0.212 e. The second-order valence-electron chi connectivity index (χ2n) is 10.9. The zero-order chi connectivity index (χ0) is 20.1. The molecule has 1 heterocycles. The summed E-state index contributed by atoms with van der Waals surface area (Å²) in [4.78, 5) is 0. The number of aryl methyl sites for hydroxylation is 2. The Morgan fingerprint density at radius 1 is 0.846 bits per heavy atom. The molecule has 0 amide bonds. The molecule has 0 aliphatic rings. The molecule has 0 aliphatic carbocycles. The van der Waals surface area contributed by atoms with Crippen LogP contribution in [0.15, 0.2) is 30.5 Å². The Labute approximate surface area is 162 Å². The van der Waals surface area contributed by atoms with Crippen LogP contribution < -0.4 is 9.75 Å². The van der Waals surface area contributed by atoms with Gasteiger partial charge in [-0.05, 0) is 40.1 Å². The van der Waals surface area contributed by atoms with E-state index in [1.54, 1.807) is 5.19 Å². The van der Waals surface area contributed by atoms with Gasteiger partial charge in [-0.1, -0.05) is 73.3 Å². The molecule has 2 aromatic rings. The van der Waals surface area contributed by atoms with Crippen molar-refractivity contribution in [2.24, 2.45) is 7.05 Å². The Kier molecular flexibility index (Phi) is 5.33. The van der Waals surface area contributed by atoms with E-state index < -0.39 is 8.07 Å². The van der Waals surface area contributed by atoms with E-state index in [4.69, 9.17) is 0 Å². The molecule has 2 heteroatoms. The predicted octanol–water partition coefficient (Wildman–Crippen LogP) is 5.63. The fourth-order valence-electron chi connectivity index (χ4n) is 3.50. The molecule has 2 rings (SSSR count). The summed E-state index contributed by atoms with van der Waals surface area (Å²) in [5.41, 5.74) is 7.25. The molecule has 1 aromatic heterocycles. The minimum Gasteiger partial charge on any atom is -0.201 e. The standard InChI is InChI=1S/C24H38NSi/c1-17-12-13-18(23(2,3)4)14-19(17)21-15-22(26(9,10)11)20(16-25(21)8)24(5,6)7/h12-16H,1-11H3/q+1. The average Bonchev–Trinajstić information content (AvgIpc) is 2.44. The van der Waals surface area contributed by atoms with Crippen molar-refractivity contribution in [3.63, 3.8) is 0 Å². The van der Waals surface area contributed by atoms with Crippen molar-refractivity contribution in [2.75, 3.05) is 0 Å². The van der Waals surface area contributed by atoms with E-state index >= 15 is 0 Å². The van der Waals surface area contributed by atoms with Crippen LogP contribution in [0, 0.1) is 6.92 Å². The lowest BCUT2D eigenvalue weighted by atomic mass is 9.84. The lowest BCUT2D eigenvalue weighted by molar-refractivity contribution is -0.660. The second kappa shape index (κ2) is 6.63. The number of nitrogens with zero attached hydrogens (tertiary/aromatic N) is 1. The van der Waals surface area contributed by atoms with E-state index in [0.29, 0.717) is 0 Å². The SMILES string of the molecule is Cc1ccc(C(C)(C)C)cc1-c1cc([Si](C)(C)C)c(C(C)(C)C)c[n+]1C. The molecule has 0 radical (unpaired) electrons. The number of benzene rings is 1. The topological polar surface area (TPSA) is 3.88 Å². The van der Waals surface area contributed by atoms with Gasteiger partial charge in [0.25, 0.3) is 0 Å². The smallest absolute Gasteiger partial charge is 0.201 e. The van der Waals surface area contributed by atoms with E-state index in [2.05, 4.69) is 110 Å². The monoisotopic (exact) mass is 368 g/mol. The second-order valence-corrected chi connectivity index (χ2v) is 15.9. The lowest BCUT2D eigenvalue weighted by Crippen LogP contribution is -2.47. The Morgan fingerprint density at radius 3 is 1.88 bits per heavy atom. The molecule has 0 N–H and O–H groups in total. The third kappa shape index (κ3) is 4.28. The van der Waals surface area contributed by atoms with Gasteiger partial charge >= 0.3 is 0 Å². The van der Waals surface area contributed by atoms with Gasteiger partial charge in [0.15, 0.2) is 6.20 Å². The molecule has 0 atom stereocenters. The highest BCUT2D eigenvalue weighted by Gasteiger charge is 2.31. The molecule has 0 fully saturated rings. The van der Waals surface area contributed by atoms with Gasteiger partial charge in [-0.2, -0.15) is 0 Å². The van der Waals surface area contributed by atoms with Crippen molar-refractivity contribution in [2.45, 2.75) is 78.9 Å². The molecule has 0 saturated heterocycles. The zero-order valence-corrected chi connectivity index (χ0v) is 19.8. The van der Waals surface area contributed by atoms with Crippen LogP contribution in [0.1, 0.15) is 58.2 Å². The number of hydrogen-bond donors (Lipinski definition) is 0. The maximum absolute atomic E-state index is 2.49. The molecule has 0 aliphatic heterocycles. The van der Waals surface area contributed by atoms with Crippen molar-refractivity contribution >= 4 is 13.3 Å². The quantitative estimate of drug-likeness (QED) is 0.478. The fourth-order valence-corrected chi connectivity index (χ4v) is 5.32. The molecule has 26 heavy (non-hydrogen) atoms. The summed E-state index contributed by atoms with van der Waals surface area (Å²) in [5, 5.41) is 1.58. The van der Waals surface area contributed by atoms with Crippen LogP contribution in [-0.4, -0.2) is 8.07 Å². The van der Waals surface area contributed by atoms with Crippen LogP contribution in [0.3, 0.4) is 0 Å². The van der Waals surface area contributed by atoms with Crippen LogP contribution >= 0.6 is 0 Å². The maximum atomic E-state index is 2.49. The summed E-state index contributed by atoms with van der Waals surface area (Å²) < 4.78 is 2.33. The van der Waals surface area contributed by atoms with Gasteiger partial charge < -0.3 is 0 Å². The average molecular weight is 369 g/mol. The van der Waals surface area contributed by atoms with Crippen molar-refractivity contribution in [1.29, 1.82) is 0 Å². The van der Waals surface area contributed by atoms with Crippen LogP contribution in [-0.2, 0) is 17.9 Å². The van der Waals surface area contributed by atoms with Gasteiger partial charge in [0, 0.05) is 17.2 Å². The summed E-state index contributed by atoms with van der Waals surface area (Å²) in [6.45, 7) is 23.5. The first-order valence-corrected chi connectivity index (χ1v) is 13.3. The van der Waals surface area contributed by atoms with Crippen molar-refractivity contribution in [3.8, 4) is 11.3 Å².